The van der Waals surface area contributed by atoms with Gasteiger partial charge in [0.2, 0.25) is 10.0 Å². The fraction of sp³-hybridized carbons (Fsp3) is 0.296. The molecule has 192 valence electrons. The van der Waals surface area contributed by atoms with Crippen LogP contribution in [0.3, 0.4) is 0 Å². The molecule has 8 nitrogen and oxygen atoms in total. The number of nitrogens with zero attached hydrogens (tertiary/aromatic N) is 1. The monoisotopic (exact) mass is 512 g/mol. The van der Waals surface area contributed by atoms with Crippen LogP contribution in [0, 0.1) is 6.92 Å². The Morgan fingerprint density at radius 2 is 1.53 bits per heavy atom. The van der Waals surface area contributed by atoms with Crippen molar-refractivity contribution >= 4 is 21.6 Å². The van der Waals surface area contributed by atoms with Gasteiger partial charge in [0, 0.05) is 6.54 Å². The number of hydrogen-bond donors (Lipinski definition) is 1. The molecule has 0 aliphatic heterocycles. The first-order valence-electron chi connectivity index (χ1n) is 11.4. The van der Waals surface area contributed by atoms with Crippen molar-refractivity contribution in [3.05, 3.63) is 83.4 Å². The van der Waals surface area contributed by atoms with Crippen molar-refractivity contribution in [2.45, 2.75) is 19.9 Å². The van der Waals surface area contributed by atoms with Crippen molar-refractivity contribution in [2.75, 3.05) is 37.9 Å². The molecular formula is C27H32N2O6S. The fourth-order valence-electron chi connectivity index (χ4n) is 3.55. The number of aryl methyl sites for hydroxylation is 1. The number of anilines is 1. The number of carbonyl (C=O) groups excluding carboxylic acids is 1. The van der Waals surface area contributed by atoms with E-state index in [0.29, 0.717) is 35.9 Å². The van der Waals surface area contributed by atoms with E-state index in [1.54, 1.807) is 38.5 Å². The van der Waals surface area contributed by atoms with E-state index in [1.165, 1.54) is 10.6 Å². The Balaban J connectivity index is 1.51. The van der Waals surface area contributed by atoms with Gasteiger partial charge in [0.25, 0.3) is 5.91 Å². The summed E-state index contributed by atoms with van der Waals surface area (Å²) in [5, 5.41) is 2.82. The smallest absolute Gasteiger partial charge is 0.257 e. The maximum Gasteiger partial charge on any atom is 0.257 e. The summed E-state index contributed by atoms with van der Waals surface area (Å²) in [6, 6.07) is 20.0. The van der Waals surface area contributed by atoms with E-state index in [9.17, 15) is 13.2 Å². The normalized spacial score (nSPS) is 11.0. The van der Waals surface area contributed by atoms with Crippen LogP contribution in [0.4, 0.5) is 5.69 Å². The number of rotatable bonds is 12. The van der Waals surface area contributed by atoms with E-state index in [1.807, 2.05) is 49.4 Å². The number of ether oxygens (including phenoxy) is 3. The minimum Gasteiger partial charge on any atom is -0.493 e. The van der Waals surface area contributed by atoms with E-state index in [0.717, 1.165) is 16.7 Å². The lowest BCUT2D eigenvalue weighted by Gasteiger charge is -2.23. The molecule has 36 heavy (non-hydrogen) atoms. The summed E-state index contributed by atoms with van der Waals surface area (Å²) in [7, 11) is -0.332. The topological polar surface area (TPSA) is 94.2 Å². The average Bonchev–Trinajstić information content (AvgIpc) is 2.86. The summed E-state index contributed by atoms with van der Waals surface area (Å²) in [5.74, 6) is 1.51. The molecule has 0 heterocycles. The SMILES string of the molecule is COc1ccc(CCNC(=O)COc2ccc(N(Cc3ccc(C)cc3)S(C)(=O)=O)cc2)cc1OC. The zero-order valence-electron chi connectivity index (χ0n) is 21.0. The van der Waals surface area contributed by atoms with Crippen LogP contribution in [0.25, 0.3) is 0 Å². The molecule has 0 aromatic heterocycles. The first-order chi connectivity index (χ1) is 17.2. The number of benzene rings is 3. The third-order valence-corrected chi connectivity index (χ3v) is 6.67. The Morgan fingerprint density at radius 3 is 2.14 bits per heavy atom. The molecule has 0 saturated carbocycles. The van der Waals surface area contributed by atoms with Gasteiger partial charge in [0.15, 0.2) is 18.1 Å². The van der Waals surface area contributed by atoms with Gasteiger partial charge in [-0.05, 0) is 60.9 Å². The number of amides is 1. The van der Waals surface area contributed by atoms with Gasteiger partial charge in [-0.2, -0.15) is 0 Å². The average molecular weight is 513 g/mol. The van der Waals surface area contributed by atoms with Gasteiger partial charge in [-0.3, -0.25) is 9.10 Å². The van der Waals surface area contributed by atoms with Gasteiger partial charge in [0.1, 0.15) is 5.75 Å². The summed E-state index contributed by atoms with van der Waals surface area (Å²) >= 11 is 0. The van der Waals surface area contributed by atoms with Crippen LogP contribution in [0.2, 0.25) is 0 Å². The van der Waals surface area contributed by atoms with Gasteiger partial charge in [0.05, 0.1) is 32.7 Å². The van der Waals surface area contributed by atoms with Gasteiger partial charge in [-0.1, -0.05) is 35.9 Å². The molecule has 3 aromatic rings. The molecule has 0 spiro atoms. The minimum absolute atomic E-state index is 0.148. The highest BCUT2D eigenvalue weighted by Crippen LogP contribution is 2.27. The Morgan fingerprint density at radius 1 is 0.889 bits per heavy atom. The second kappa shape index (κ2) is 12.3. The van der Waals surface area contributed by atoms with Crippen molar-refractivity contribution in [3.8, 4) is 17.2 Å². The maximum atomic E-state index is 12.4. The maximum absolute atomic E-state index is 12.4. The van der Waals surface area contributed by atoms with Gasteiger partial charge in [-0.15, -0.1) is 0 Å². The number of carbonyl (C=O) groups is 1. The van der Waals surface area contributed by atoms with Crippen molar-refractivity contribution < 1.29 is 27.4 Å². The highest BCUT2D eigenvalue weighted by Gasteiger charge is 2.18. The number of sulfonamides is 1. The highest BCUT2D eigenvalue weighted by atomic mass is 32.2. The Labute approximate surface area is 212 Å². The molecule has 0 unspecified atom stereocenters. The zero-order chi connectivity index (χ0) is 26.1. The lowest BCUT2D eigenvalue weighted by Crippen LogP contribution is -2.30. The molecule has 0 fully saturated rings. The van der Waals surface area contributed by atoms with Crippen LogP contribution in [0.15, 0.2) is 66.7 Å². The number of methoxy groups -OCH3 is 2. The first kappa shape index (κ1) is 26.9. The number of hydrogen-bond acceptors (Lipinski definition) is 6. The van der Waals surface area contributed by atoms with E-state index in [-0.39, 0.29) is 19.1 Å². The second-order valence-corrected chi connectivity index (χ2v) is 10.2. The molecule has 1 N–H and O–H groups in total. The van der Waals surface area contributed by atoms with Crippen molar-refractivity contribution in [2.24, 2.45) is 0 Å². The molecule has 3 rings (SSSR count). The Kier molecular flexibility index (Phi) is 9.19. The van der Waals surface area contributed by atoms with Gasteiger partial charge < -0.3 is 19.5 Å². The van der Waals surface area contributed by atoms with Crippen LogP contribution >= 0.6 is 0 Å². The van der Waals surface area contributed by atoms with Crippen LogP contribution in [0.1, 0.15) is 16.7 Å². The van der Waals surface area contributed by atoms with Crippen LogP contribution < -0.4 is 23.8 Å². The Hall–Kier alpha value is -3.72. The molecule has 1 amide bonds. The Bertz CT molecular complexity index is 1260. The van der Waals surface area contributed by atoms with Gasteiger partial charge in [-0.25, -0.2) is 8.42 Å². The predicted molar refractivity (Wildman–Crippen MR) is 140 cm³/mol. The standard InChI is InChI=1S/C27H32N2O6S/c1-20-5-7-22(8-6-20)18-29(36(4,31)32)23-10-12-24(13-11-23)35-19-27(30)28-16-15-21-9-14-25(33-2)26(17-21)34-3/h5-14,17H,15-16,18-19H2,1-4H3,(H,28,30). The van der Waals surface area contributed by atoms with Gasteiger partial charge >= 0.3 is 0 Å². The van der Waals surface area contributed by atoms with Crippen LogP contribution in [-0.4, -0.2) is 48.0 Å². The van der Waals surface area contributed by atoms with Crippen molar-refractivity contribution in [3.63, 3.8) is 0 Å². The molecule has 0 saturated heterocycles. The molecule has 0 atom stereocenters. The predicted octanol–water partition coefficient (Wildman–Crippen LogP) is 3.72. The molecular weight excluding hydrogens is 480 g/mol. The molecule has 9 heteroatoms. The van der Waals surface area contributed by atoms with Crippen LogP contribution in [0.5, 0.6) is 17.2 Å². The third kappa shape index (κ3) is 7.64. The van der Waals surface area contributed by atoms with Crippen molar-refractivity contribution in [1.29, 1.82) is 0 Å². The largest absolute Gasteiger partial charge is 0.493 e. The third-order valence-electron chi connectivity index (χ3n) is 5.53. The minimum atomic E-state index is -3.49. The van der Waals surface area contributed by atoms with E-state index >= 15 is 0 Å². The first-order valence-corrected chi connectivity index (χ1v) is 13.3. The summed E-state index contributed by atoms with van der Waals surface area (Å²) < 4.78 is 42.2. The summed E-state index contributed by atoms with van der Waals surface area (Å²) in [4.78, 5) is 12.2. The van der Waals surface area contributed by atoms with E-state index in [4.69, 9.17) is 14.2 Å². The lowest BCUT2D eigenvalue weighted by atomic mass is 10.1. The number of nitrogens with one attached hydrogen (secondary N) is 1. The molecule has 0 aliphatic carbocycles. The quantitative estimate of drug-likeness (QED) is 0.398. The lowest BCUT2D eigenvalue weighted by molar-refractivity contribution is -0.123. The summed E-state index contributed by atoms with van der Waals surface area (Å²) in [5.41, 5.74) is 3.52. The molecule has 0 aliphatic rings. The highest BCUT2D eigenvalue weighted by molar-refractivity contribution is 7.92. The van der Waals surface area contributed by atoms with Crippen LogP contribution in [-0.2, 0) is 27.8 Å². The molecule has 3 aromatic carbocycles. The van der Waals surface area contributed by atoms with E-state index < -0.39 is 10.0 Å². The van der Waals surface area contributed by atoms with Crippen molar-refractivity contribution in [1.82, 2.24) is 5.32 Å². The van der Waals surface area contributed by atoms with E-state index in [2.05, 4.69) is 5.32 Å². The fourth-order valence-corrected chi connectivity index (χ4v) is 4.44. The molecule has 0 bridgehead atoms. The zero-order valence-corrected chi connectivity index (χ0v) is 21.8. The second-order valence-electron chi connectivity index (χ2n) is 8.33. The summed E-state index contributed by atoms with van der Waals surface area (Å²) in [6.07, 6.45) is 1.81. The summed E-state index contributed by atoms with van der Waals surface area (Å²) in [6.45, 7) is 2.50. The molecule has 0 radical (unpaired) electrons.